The Labute approximate surface area is 129 Å². The van der Waals surface area contributed by atoms with Crippen LogP contribution in [0.15, 0.2) is 27.6 Å². The summed E-state index contributed by atoms with van der Waals surface area (Å²) in [5.41, 5.74) is 1.03. The number of sulfonamides is 1. The molecule has 1 heterocycles. The summed E-state index contributed by atoms with van der Waals surface area (Å²) in [6, 6.07) is 5.27. The second kappa shape index (κ2) is 7.02. The number of nitrogens with one attached hydrogen (secondary N) is 2. The van der Waals surface area contributed by atoms with E-state index in [0.29, 0.717) is 21.8 Å². The molecule has 1 aromatic rings. The molecular weight excluding hydrogens is 340 g/mol. The minimum absolute atomic E-state index is 0.310. The Morgan fingerprint density at radius 1 is 1.45 bits per heavy atom. The van der Waals surface area contributed by atoms with Crippen LogP contribution in [0, 0.1) is 12.8 Å². The lowest BCUT2D eigenvalue weighted by Crippen LogP contribution is -2.33. The Hall–Kier alpha value is -0.430. The third-order valence-electron chi connectivity index (χ3n) is 3.62. The first-order valence-corrected chi connectivity index (χ1v) is 9.23. The molecule has 4 nitrogen and oxygen atoms in total. The molecule has 0 radical (unpaired) electrons. The summed E-state index contributed by atoms with van der Waals surface area (Å²) in [6.45, 7) is 4.51. The number of piperidine rings is 1. The molecule has 1 atom stereocenters. The first-order valence-electron chi connectivity index (χ1n) is 6.95. The van der Waals surface area contributed by atoms with Crippen LogP contribution in [0.4, 0.5) is 0 Å². The molecule has 1 aromatic carbocycles. The molecule has 0 aromatic heterocycles. The maximum Gasteiger partial charge on any atom is 0.241 e. The van der Waals surface area contributed by atoms with Crippen molar-refractivity contribution in [1.82, 2.24) is 10.0 Å². The summed E-state index contributed by atoms with van der Waals surface area (Å²) in [5.74, 6) is 0.577. The van der Waals surface area contributed by atoms with Crippen molar-refractivity contribution in [1.29, 1.82) is 0 Å². The number of benzene rings is 1. The van der Waals surface area contributed by atoms with E-state index in [1.807, 2.05) is 19.1 Å². The fourth-order valence-corrected chi connectivity index (χ4v) is 4.71. The number of rotatable bonds is 5. The van der Waals surface area contributed by atoms with Crippen molar-refractivity contribution in [3.8, 4) is 0 Å². The van der Waals surface area contributed by atoms with Gasteiger partial charge < -0.3 is 5.32 Å². The third kappa shape index (κ3) is 4.28. The highest BCUT2D eigenvalue weighted by Gasteiger charge is 2.18. The molecule has 1 unspecified atom stereocenters. The molecule has 1 aliphatic rings. The van der Waals surface area contributed by atoms with Gasteiger partial charge in [0.1, 0.15) is 0 Å². The van der Waals surface area contributed by atoms with Crippen LogP contribution in [0.1, 0.15) is 24.8 Å². The highest BCUT2D eigenvalue weighted by Crippen LogP contribution is 2.23. The molecule has 2 N–H and O–H groups in total. The van der Waals surface area contributed by atoms with Gasteiger partial charge in [0.2, 0.25) is 10.0 Å². The summed E-state index contributed by atoms with van der Waals surface area (Å²) in [7, 11) is -3.43. The summed E-state index contributed by atoms with van der Waals surface area (Å²) < 4.78 is 27.8. The first-order chi connectivity index (χ1) is 9.49. The second-order valence-electron chi connectivity index (χ2n) is 5.33. The van der Waals surface area contributed by atoms with Crippen LogP contribution >= 0.6 is 15.9 Å². The predicted octanol–water partition coefficient (Wildman–Crippen LogP) is 2.43. The van der Waals surface area contributed by atoms with Gasteiger partial charge in [-0.05, 0) is 78.8 Å². The van der Waals surface area contributed by atoms with Gasteiger partial charge in [0.15, 0.2) is 0 Å². The van der Waals surface area contributed by atoms with Gasteiger partial charge in [-0.2, -0.15) is 0 Å². The molecule has 0 spiro atoms. The van der Waals surface area contributed by atoms with E-state index in [-0.39, 0.29) is 0 Å². The van der Waals surface area contributed by atoms with Crippen molar-refractivity contribution in [2.75, 3.05) is 19.6 Å². The van der Waals surface area contributed by atoms with Gasteiger partial charge in [-0.1, -0.05) is 6.07 Å². The van der Waals surface area contributed by atoms with Crippen molar-refractivity contribution in [2.24, 2.45) is 5.92 Å². The van der Waals surface area contributed by atoms with Crippen molar-refractivity contribution in [2.45, 2.75) is 31.1 Å². The highest BCUT2D eigenvalue weighted by atomic mass is 79.9. The van der Waals surface area contributed by atoms with Gasteiger partial charge in [0, 0.05) is 11.0 Å². The summed E-state index contributed by atoms with van der Waals surface area (Å²) >= 11 is 3.32. The van der Waals surface area contributed by atoms with Gasteiger partial charge in [-0.15, -0.1) is 0 Å². The Balaban J connectivity index is 1.93. The molecule has 6 heteroatoms. The van der Waals surface area contributed by atoms with Gasteiger partial charge in [-0.25, -0.2) is 13.1 Å². The van der Waals surface area contributed by atoms with Crippen molar-refractivity contribution in [3.63, 3.8) is 0 Å². The van der Waals surface area contributed by atoms with Crippen LogP contribution in [-0.2, 0) is 10.0 Å². The Morgan fingerprint density at radius 2 is 2.25 bits per heavy atom. The van der Waals surface area contributed by atoms with Gasteiger partial charge in [-0.3, -0.25) is 0 Å². The largest absolute Gasteiger partial charge is 0.316 e. The molecule has 2 rings (SSSR count). The molecule has 0 aliphatic carbocycles. The van der Waals surface area contributed by atoms with Crippen LogP contribution in [0.5, 0.6) is 0 Å². The predicted molar refractivity (Wildman–Crippen MR) is 84.3 cm³/mol. The van der Waals surface area contributed by atoms with Crippen LogP contribution in [0.25, 0.3) is 0 Å². The lowest BCUT2D eigenvalue weighted by molar-refractivity contribution is 0.358. The maximum atomic E-state index is 12.2. The Morgan fingerprint density at radius 3 is 2.90 bits per heavy atom. The Kier molecular flexibility index (Phi) is 5.60. The average molecular weight is 361 g/mol. The minimum atomic E-state index is -3.43. The van der Waals surface area contributed by atoms with E-state index in [1.165, 1.54) is 12.8 Å². The zero-order chi connectivity index (χ0) is 14.6. The molecule has 112 valence electrons. The van der Waals surface area contributed by atoms with Crippen molar-refractivity contribution >= 4 is 26.0 Å². The van der Waals surface area contributed by atoms with Crippen LogP contribution in [0.3, 0.4) is 0 Å². The number of aryl methyl sites for hydroxylation is 1. The highest BCUT2D eigenvalue weighted by molar-refractivity contribution is 9.10. The number of hydrogen-bond acceptors (Lipinski definition) is 3. The smallest absolute Gasteiger partial charge is 0.241 e. The lowest BCUT2D eigenvalue weighted by atomic mass is 9.96. The summed E-state index contributed by atoms with van der Waals surface area (Å²) in [6.07, 6.45) is 3.25. The normalized spacial score (nSPS) is 20.0. The van der Waals surface area contributed by atoms with Gasteiger partial charge in [0.05, 0.1) is 4.90 Å². The van der Waals surface area contributed by atoms with E-state index in [9.17, 15) is 8.42 Å². The zero-order valence-corrected chi connectivity index (χ0v) is 14.1. The minimum Gasteiger partial charge on any atom is -0.316 e. The SMILES string of the molecule is Cc1ccc(S(=O)(=O)NCCC2CCCNC2)c(Br)c1. The van der Waals surface area contributed by atoms with E-state index < -0.39 is 10.0 Å². The van der Waals surface area contributed by atoms with Crippen molar-refractivity contribution in [3.05, 3.63) is 28.2 Å². The van der Waals surface area contributed by atoms with Crippen LogP contribution in [-0.4, -0.2) is 28.1 Å². The van der Waals surface area contributed by atoms with E-state index in [1.54, 1.807) is 6.07 Å². The topological polar surface area (TPSA) is 58.2 Å². The first kappa shape index (κ1) is 15.9. The molecule has 20 heavy (non-hydrogen) atoms. The fourth-order valence-electron chi connectivity index (χ4n) is 2.47. The van der Waals surface area contributed by atoms with Gasteiger partial charge in [0.25, 0.3) is 0 Å². The monoisotopic (exact) mass is 360 g/mol. The molecule has 1 aliphatic heterocycles. The number of hydrogen-bond donors (Lipinski definition) is 2. The van der Waals surface area contributed by atoms with Gasteiger partial charge >= 0.3 is 0 Å². The van der Waals surface area contributed by atoms with E-state index in [4.69, 9.17) is 0 Å². The summed E-state index contributed by atoms with van der Waals surface area (Å²) in [4.78, 5) is 0.310. The molecular formula is C14H21BrN2O2S. The lowest BCUT2D eigenvalue weighted by Gasteiger charge is -2.22. The van der Waals surface area contributed by atoms with E-state index in [2.05, 4.69) is 26.0 Å². The van der Waals surface area contributed by atoms with Crippen LogP contribution in [0.2, 0.25) is 0 Å². The standard InChI is InChI=1S/C14H21BrN2O2S/c1-11-4-5-14(13(15)9-11)20(18,19)17-8-6-12-3-2-7-16-10-12/h4-5,9,12,16-17H,2-3,6-8,10H2,1H3. The molecule has 0 bridgehead atoms. The molecule has 0 amide bonds. The van der Waals surface area contributed by atoms with Crippen LogP contribution < -0.4 is 10.0 Å². The average Bonchev–Trinajstić information content (AvgIpc) is 2.39. The molecule has 0 saturated carbocycles. The number of halogens is 1. The summed E-state index contributed by atoms with van der Waals surface area (Å²) in [5, 5.41) is 3.34. The van der Waals surface area contributed by atoms with Crippen molar-refractivity contribution < 1.29 is 8.42 Å². The molecule has 1 saturated heterocycles. The third-order valence-corrected chi connectivity index (χ3v) is 6.06. The second-order valence-corrected chi connectivity index (χ2v) is 7.92. The quantitative estimate of drug-likeness (QED) is 0.847. The van der Waals surface area contributed by atoms with E-state index >= 15 is 0 Å². The fraction of sp³-hybridized carbons (Fsp3) is 0.571. The Bertz CT molecular complexity index is 554. The molecule has 1 fully saturated rings. The zero-order valence-electron chi connectivity index (χ0n) is 11.7. The maximum absolute atomic E-state index is 12.2. The van der Waals surface area contributed by atoms with E-state index in [0.717, 1.165) is 25.1 Å².